The summed E-state index contributed by atoms with van der Waals surface area (Å²) >= 11 is 6.63. The Morgan fingerprint density at radius 1 is 1.21 bits per heavy atom. The summed E-state index contributed by atoms with van der Waals surface area (Å²) in [6.07, 6.45) is 0.858. The molecule has 0 unspecified atom stereocenters. The third kappa shape index (κ3) is 4.48. The van der Waals surface area contributed by atoms with Crippen molar-refractivity contribution in [2.75, 3.05) is 19.0 Å². The second-order valence-corrected chi connectivity index (χ2v) is 6.62. The molecule has 7 heteroatoms. The maximum absolute atomic E-state index is 13.1. The van der Waals surface area contributed by atoms with E-state index < -0.39 is 0 Å². The van der Waals surface area contributed by atoms with E-state index in [1.165, 1.54) is 25.3 Å². The average Bonchev–Trinajstić information content (AvgIpc) is 2.55. The number of carbonyl (C=O) groups is 1. The zero-order chi connectivity index (χ0) is 17.7. The van der Waals surface area contributed by atoms with Crippen LogP contribution in [0.15, 0.2) is 39.3 Å². The normalized spacial score (nSPS) is 10.4. The van der Waals surface area contributed by atoms with E-state index in [2.05, 4.69) is 37.2 Å². The van der Waals surface area contributed by atoms with E-state index in [1.54, 1.807) is 12.1 Å². The summed E-state index contributed by atoms with van der Waals surface area (Å²) in [7, 11) is 1.51. The van der Waals surface area contributed by atoms with Gasteiger partial charge in [-0.1, -0.05) is 6.92 Å². The molecule has 0 saturated carbocycles. The van der Waals surface area contributed by atoms with Gasteiger partial charge in [0.1, 0.15) is 5.82 Å². The van der Waals surface area contributed by atoms with Gasteiger partial charge in [-0.15, -0.1) is 0 Å². The molecule has 128 valence electrons. The van der Waals surface area contributed by atoms with Gasteiger partial charge in [-0.2, -0.15) is 0 Å². The lowest BCUT2D eigenvalue weighted by Crippen LogP contribution is -2.13. The summed E-state index contributed by atoms with van der Waals surface area (Å²) in [5.74, 6) is 0.282. The Morgan fingerprint density at radius 3 is 2.58 bits per heavy atom. The lowest BCUT2D eigenvalue weighted by atomic mass is 10.1. The van der Waals surface area contributed by atoms with Crippen molar-refractivity contribution in [3.8, 4) is 11.5 Å². The highest BCUT2D eigenvalue weighted by Gasteiger charge is 2.16. The van der Waals surface area contributed by atoms with Crippen LogP contribution >= 0.6 is 31.9 Å². The minimum Gasteiger partial charge on any atom is -0.493 e. The van der Waals surface area contributed by atoms with Crippen LogP contribution < -0.4 is 14.8 Å². The third-order valence-electron chi connectivity index (χ3n) is 3.12. The van der Waals surface area contributed by atoms with Gasteiger partial charge in [0.05, 0.1) is 23.9 Å². The number of methoxy groups -OCH3 is 1. The van der Waals surface area contributed by atoms with E-state index in [1.807, 2.05) is 6.92 Å². The van der Waals surface area contributed by atoms with E-state index in [0.29, 0.717) is 38.3 Å². The Balaban J connectivity index is 2.27. The second kappa shape index (κ2) is 8.48. The molecule has 2 rings (SSSR count). The largest absolute Gasteiger partial charge is 0.493 e. The first-order chi connectivity index (χ1) is 11.5. The number of benzene rings is 2. The topological polar surface area (TPSA) is 47.6 Å². The van der Waals surface area contributed by atoms with E-state index in [4.69, 9.17) is 9.47 Å². The van der Waals surface area contributed by atoms with Crippen molar-refractivity contribution in [1.82, 2.24) is 0 Å². The molecule has 24 heavy (non-hydrogen) atoms. The smallest absolute Gasteiger partial charge is 0.255 e. The molecule has 0 aliphatic carbocycles. The van der Waals surface area contributed by atoms with Crippen LogP contribution in [-0.2, 0) is 0 Å². The average molecular weight is 461 g/mol. The van der Waals surface area contributed by atoms with Gasteiger partial charge in [-0.3, -0.25) is 4.79 Å². The van der Waals surface area contributed by atoms with Crippen molar-refractivity contribution < 1.29 is 18.7 Å². The fraction of sp³-hybridized carbons (Fsp3) is 0.235. The summed E-state index contributed by atoms with van der Waals surface area (Å²) in [5.41, 5.74) is 0.863. The molecule has 0 bridgehead atoms. The van der Waals surface area contributed by atoms with Gasteiger partial charge in [0, 0.05) is 10.0 Å². The maximum Gasteiger partial charge on any atom is 0.255 e. The number of amides is 1. The van der Waals surface area contributed by atoms with Crippen LogP contribution in [0, 0.1) is 5.82 Å². The van der Waals surface area contributed by atoms with Crippen LogP contribution in [-0.4, -0.2) is 19.6 Å². The Morgan fingerprint density at radius 2 is 1.96 bits per heavy atom. The summed E-state index contributed by atoms with van der Waals surface area (Å²) in [6, 6.07) is 7.30. The molecule has 0 spiro atoms. The number of ether oxygens (including phenoxy) is 2. The maximum atomic E-state index is 13.1. The van der Waals surface area contributed by atoms with Crippen molar-refractivity contribution in [2.45, 2.75) is 13.3 Å². The van der Waals surface area contributed by atoms with Gasteiger partial charge in [-0.05, 0) is 68.6 Å². The van der Waals surface area contributed by atoms with Crippen molar-refractivity contribution >= 4 is 43.5 Å². The van der Waals surface area contributed by atoms with Crippen molar-refractivity contribution in [2.24, 2.45) is 0 Å². The summed E-state index contributed by atoms with van der Waals surface area (Å²) < 4.78 is 25.2. The van der Waals surface area contributed by atoms with Crippen LogP contribution in [0.1, 0.15) is 23.7 Å². The summed E-state index contributed by atoms with van der Waals surface area (Å²) in [4.78, 5) is 12.5. The Hall–Kier alpha value is -1.60. The molecular weight excluding hydrogens is 445 g/mol. The quantitative estimate of drug-likeness (QED) is 0.627. The van der Waals surface area contributed by atoms with Crippen molar-refractivity contribution in [3.63, 3.8) is 0 Å². The predicted molar refractivity (Wildman–Crippen MR) is 98.5 cm³/mol. The highest BCUT2D eigenvalue weighted by molar-refractivity contribution is 9.11. The fourth-order valence-corrected chi connectivity index (χ4v) is 2.99. The predicted octanol–water partition coefficient (Wildman–Crippen LogP) is 5.40. The fourth-order valence-electron chi connectivity index (χ4n) is 1.98. The van der Waals surface area contributed by atoms with E-state index >= 15 is 0 Å². The highest BCUT2D eigenvalue weighted by Crippen LogP contribution is 2.37. The molecule has 0 aliphatic heterocycles. The number of rotatable bonds is 6. The molecule has 2 aromatic rings. The molecule has 0 radical (unpaired) electrons. The minimum atomic E-state index is -0.387. The van der Waals surface area contributed by atoms with Crippen molar-refractivity contribution in [3.05, 3.63) is 50.7 Å². The van der Waals surface area contributed by atoms with Gasteiger partial charge in [0.2, 0.25) is 0 Å². The van der Waals surface area contributed by atoms with Gasteiger partial charge >= 0.3 is 0 Å². The lowest BCUT2D eigenvalue weighted by molar-refractivity contribution is 0.102. The van der Waals surface area contributed by atoms with Crippen LogP contribution in [0.2, 0.25) is 0 Å². The highest BCUT2D eigenvalue weighted by atomic mass is 79.9. The minimum absolute atomic E-state index is 0.344. The van der Waals surface area contributed by atoms with Crippen LogP contribution in [0.25, 0.3) is 0 Å². The van der Waals surface area contributed by atoms with Crippen LogP contribution in [0.3, 0.4) is 0 Å². The number of carbonyl (C=O) groups excluding carboxylic acids is 1. The molecule has 2 aromatic carbocycles. The number of hydrogen-bond acceptors (Lipinski definition) is 3. The number of halogens is 3. The molecule has 0 aromatic heterocycles. The van der Waals surface area contributed by atoms with E-state index in [-0.39, 0.29) is 11.7 Å². The van der Waals surface area contributed by atoms with Crippen molar-refractivity contribution in [1.29, 1.82) is 0 Å². The molecule has 0 atom stereocenters. The number of hydrogen-bond donors (Lipinski definition) is 1. The molecule has 4 nitrogen and oxygen atoms in total. The van der Waals surface area contributed by atoms with Crippen LogP contribution in [0.5, 0.6) is 11.5 Å². The van der Waals surface area contributed by atoms with Crippen LogP contribution in [0.4, 0.5) is 10.1 Å². The zero-order valence-electron chi connectivity index (χ0n) is 13.2. The number of anilines is 1. The third-order valence-corrected chi connectivity index (χ3v) is 4.37. The standard InChI is InChI=1S/C17H16Br2FNO3/c1-3-6-24-16-13(19)7-10(8-15(16)23-2)17(22)21-14-5-4-11(20)9-12(14)18/h4-5,7-9H,3,6H2,1-2H3,(H,21,22). The summed E-state index contributed by atoms with van der Waals surface area (Å²) in [5, 5.41) is 2.73. The molecule has 0 fully saturated rings. The lowest BCUT2D eigenvalue weighted by Gasteiger charge is -2.14. The molecule has 0 saturated heterocycles. The second-order valence-electron chi connectivity index (χ2n) is 4.92. The van der Waals surface area contributed by atoms with E-state index in [9.17, 15) is 9.18 Å². The molecular formula is C17H16Br2FNO3. The molecule has 1 N–H and O–H groups in total. The first-order valence-corrected chi connectivity index (χ1v) is 8.81. The van der Waals surface area contributed by atoms with Gasteiger partial charge < -0.3 is 14.8 Å². The zero-order valence-corrected chi connectivity index (χ0v) is 16.3. The Bertz CT molecular complexity index is 753. The molecule has 0 aliphatic rings. The van der Waals surface area contributed by atoms with Gasteiger partial charge in [0.15, 0.2) is 11.5 Å². The van der Waals surface area contributed by atoms with Gasteiger partial charge in [-0.25, -0.2) is 4.39 Å². The SMILES string of the molecule is CCCOc1c(Br)cc(C(=O)Nc2ccc(F)cc2Br)cc1OC. The number of nitrogens with one attached hydrogen (secondary N) is 1. The first kappa shape index (κ1) is 18.7. The van der Waals surface area contributed by atoms with E-state index in [0.717, 1.165) is 6.42 Å². The summed E-state index contributed by atoms with van der Waals surface area (Å²) in [6.45, 7) is 2.55. The van der Waals surface area contributed by atoms with Gasteiger partial charge in [0.25, 0.3) is 5.91 Å². The molecule has 1 amide bonds. The Kier molecular flexibility index (Phi) is 6.62. The Labute approximate surface area is 156 Å². The first-order valence-electron chi connectivity index (χ1n) is 7.23. The molecule has 0 heterocycles. The monoisotopic (exact) mass is 459 g/mol.